The van der Waals surface area contributed by atoms with Gasteiger partial charge in [-0.15, -0.1) is 0 Å². The number of fused-ring (bicyclic) bond motifs is 2. The first-order chi connectivity index (χ1) is 15.9. The lowest BCUT2D eigenvalue weighted by Crippen LogP contribution is -2.54. The van der Waals surface area contributed by atoms with Gasteiger partial charge in [-0.05, 0) is 31.9 Å². The third-order valence-electron chi connectivity index (χ3n) is 7.54. The summed E-state index contributed by atoms with van der Waals surface area (Å²) < 4.78 is 20.9. The Balaban J connectivity index is 1.31. The van der Waals surface area contributed by atoms with E-state index >= 15 is 0 Å². The summed E-state index contributed by atoms with van der Waals surface area (Å²) in [5, 5.41) is 25.5. The number of aryl methyl sites for hydroxylation is 1. The van der Waals surface area contributed by atoms with E-state index in [4.69, 9.17) is 4.52 Å². The lowest BCUT2D eigenvalue weighted by atomic mass is 9.90. The third-order valence-corrected chi connectivity index (χ3v) is 7.54. The maximum absolute atomic E-state index is 13.5. The summed E-state index contributed by atoms with van der Waals surface area (Å²) in [4.78, 5) is 17.6. The Morgan fingerprint density at radius 2 is 2.06 bits per heavy atom. The summed E-state index contributed by atoms with van der Waals surface area (Å²) in [6, 6.07) is 4.50. The van der Waals surface area contributed by atoms with Crippen molar-refractivity contribution >= 4 is 11.0 Å². The zero-order valence-corrected chi connectivity index (χ0v) is 18.8. The van der Waals surface area contributed by atoms with Crippen LogP contribution in [-0.2, 0) is 13.0 Å². The number of benzene rings is 1. The van der Waals surface area contributed by atoms with Crippen molar-refractivity contribution in [2.45, 2.75) is 57.6 Å². The molecule has 1 saturated heterocycles. The fraction of sp³-hybridized carbons (Fsp3) is 0.542. The van der Waals surface area contributed by atoms with E-state index in [1.807, 2.05) is 6.92 Å². The number of hydrogen-bond donors (Lipinski definition) is 2. The topological polar surface area (TPSA) is 101 Å². The Labute approximate surface area is 190 Å². The first-order valence-corrected chi connectivity index (χ1v) is 11.7. The molecule has 3 aromatic rings. The molecule has 0 spiro atoms. The highest BCUT2D eigenvalue weighted by atomic mass is 19.1. The van der Waals surface area contributed by atoms with Crippen LogP contribution in [0.2, 0.25) is 0 Å². The van der Waals surface area contributed by atoms with Gasteiger partial charge in [0.1, 0.15) is 17.7 Å². The van der Waals surface area contributed by atoms with Crippen LogP contribution in [0.15, 0.2) is 27.5 Å². The summed E-state index contributed by atoms with van der Waals surface area (Å²) in [7, 11) is 0. The van der Waals surface area contributed by atoms with Crippen molar-refractivity contribution in [1.82, 2.24) is 14.7 Å². The van der Waals surface area contributed by atoms with E-state index in [0.29, 0.717) is 53.1 Å². The van der Waals surface area contributed by atoms with Crippen LogP contribution in [0, 0.1) is 12.7 Å². The summed E-state index contributed by atoms with van der Waals surface area (Å²) >= 11 is 0. The van der Waals surface area contributed by atoms with Crippen molar-refractivity contribution < 1.29 is 23.6 Å². The maximum atomic E-state index is 13.5. The molecule has 1 atom stereocenters. The minimum Gasteiger partial charge on any atom is -0.385 e. The highest BCUT2D eigenvalue weighted by molar-refractivity contribution is 5.79. The van der Waals surface area contributed by atoms with Gasteiger partial charge in [0, 0.05) is 54.4 Å². The van der Waals surface area contributed by atoms with Gasteiger partial charge in [-0.1, -0.05) is 5.16 Å². The van der Waals surface area contributed by atoms with Crippen molar-refractivity contribution in [2.24, 2.45) is 0 Å². The molecule has 2 aromatic heterocycles. The predicted molar refractivity (Wildman–Crippen MR) is 119 cm³/mol. The minimum absolute atomic E-state index is 0.00889. The smallest absolute Gasteiger partial charge is 0.257 e. The van der Waals surface area contributed by atoms with Crippen LogP contribution in [0.5, 0.6) is 0 Å². The number of nitrogens with zero attached hydrogens (tertiary/aromatic N) is 4. The van der Waals surface area contributed by atoms with E-state index in [0.717, 1.165) is 43.4 Å². The van der Waals surface area contributed by atoms with Crippen LogP contribution < -0.4 is 5.56 Å². The Morgan fingerprint density at radius 1 is 1.27 bits per heavy atom. The highest BCUT2D eigenvalue weighted by Gasteiger charge is 2.36. The van der Waals surface area contributed by atoms with Gasteiger partial charge < -0.3 is 19.2 Å². The minimum atomic E-state index is -0.682. The number of hydrogen-bond acceptors (Lipinski definition) is 6. The first-order valence-electron chi connectivity index (χ1n) is 11.7. The number of aliphatic hydroxyl groups excluding tert-OH is 2. The van der Waals surface area contributed by atoms with E-state index in [1.165, 1.54) is 12.1 Å². The van der Waals surface area contributed by atoms with Gasteiger partial charge in [0.25, 0.3) is 5.56 Å². The molecule has 5 rings (SSSR count). The Kier molecular flexibility index (Phi) is 5.80. The third kappa shape index (κ3) is 3.98. The van der Waals surface area contributed by atoms with Gasteiger partial charge in [0.05, 0.1) is 25.3 Å². The van der Waals surface area contributed by atoms with Crippen LogP contribution in [0.4, 0.5) is 4.39 Å². The maximum Gasteiger partial charge on any atom is 0.257 e. The van der Waals surface area contributed by atoms with Gasteiger partial charge in [-0.25, -0.2) is 9.37 Å². The standard InChI is InChI=1S/C24H30FN4O4/c1-15-18(24(32)28-9-2-3-20(31)23(28)26-15)8-12-29(14-30)10-6-16(7-11-29)22-19-5-4-17(25)13-21(19)33-27-22/h4-5,13,16,20,30-31H,2-3,6-12,14H2,1H3/q+1. The second-order valence-corrected chi connectivity index (χ2v) is 9.54. The van der Waals surface area contributed by atoms with Gasteiger partial charge >= 0.3 is 0 Å². The van der Waals surface area contributed by atoms with Crippen molar-refractivity contribution in [3.63, 3.8) is 0 Å². The molecular weight excluding hydrogens is 427 g/mol. The highest BCUT2D eigenvalue weighted by Crippen LogP contribution is 2.35. The molecule has 4 heterocycles. The molecule has 176 valence electrons. The van der Waals surface area contributed by atoms with Crippen molar-refractivity contribution in [1.29, 1.82) is 0 Å². The molecule has 9 heteroatoms. The summed E-state index contributed by atoms with van der Waals surface area (Å²) in [5.74, 6) is 0.315. The van der Waals surface area contributed by atoms with E-state index < -0.39 is 6.10 Å². The molecule has 2 N–H and O–H groups in total. The van der Waals surface area contributed by atoms with Crippen LogP contribution >= 0.6 is 0 Å². The molecule has 0 radical (unpaired) electrons. The average Bonchev–Trinajstić information content (AvgIpc) is 3.23. The second-order valence-electron chi connectivity index (χ2n) is 9.54. The summed E-state index contributed by atoms with van der Waals surface area (Å²) in [5.41, 5.74) is 2.58. The molecule has 8 nitrogen and oxygen atoms in total. The summed E-state index contributed by atoms with van der Waals surface area (Å²) in [6.07, 6.45) is 2.90. The molecule has 0 amide bonds. The van der Waals surface area contributed by atoms with Gasteiger partial charge in [-0.2, -0.15) is 0 Å². The van der Waals surface area contributed by atoms with Crippen molar-refractivity contribution in [2.75, 3.05) is 26.4 Å². The predicted octanol–water partition coefficient (Wildman–Crippen LogP) is 2.55. The number of piperidine rings is 1. The molecule has 1 unspecified atom stereocenters. The zero-order valence-electron chi connectivity index (χ0n) is 18.8. The molecule has 0 bridgehead atoms. The fourth-order valence-corrected chi connectivity index (χ4v) is 5.45. The van der Waals surface area contributed by atoms with Crippen LogP contribution in [0.3, 0.4) is 0 Å². The lowest BCUT2D eigenvalue weighted by molar-refractivity contribution is -0.949. The van der Waals surface area contributed by atoms with E-state index in [-0.39, 0.29) is 24.0 Å². The largest absolute Gasteiger partial charge is 0.385 e. The molecular formula is C24H30FN4O4+. The zero-order chi connectivity index (χ0) is 23.2. The fourth-order valence-electron chi connectivity index (χ4n) is 5.45. The summed E-state index contributed by atoms with van der Waals surface area (Å²) in [6.45, 7) is 4.58. The van der Waals surface area contributed by atoms with Crippen LogP contribution in [0.1, 0.15) is 60.5 Å². The van der Waals surface area contributed by atoms with E-state index in [1.54, 1.807) is 10.6 Å². The second kappa shape index (κ2) is 8.62. The Bertz CT molecular complexity index is 1230. The van der Waals surface area contributed by atoms with Crippen LogP contribution in [-0.4, -0.2) is 55.8 Å². The Hall–Kier alpha value is -2.62. The molecule has 2 aliphatic heterocycles. The van der Waals surface area contributed by atoms with Crippen LogP contribution in [0.25, 0.3) is 11.0 Å². The quantitative estimate of drug-likeness (QED) is 0.571. The number of halogens is 1. The van der Waals surface area contributed by atoms with E-state index in [9.17, 15) is 19.4 Å². The van der Waals surface area contributed by atoms with Crippen molar-refractivity contribution in [3.8, 4) is 0 Å². The Morgan fingerprint density at radius 3 is 2.82 bits per heavy atom. The normalized spacial score (nSPS) is 25.3. The molecule has 2 aliphatic rings. The number of rotatable bonds is 5. The number of aromatic nitrogens is 3. The van der Waals surface area contributed by atoms with E-state index in [2.05, 4.69) is 10.1 Å². The number of quaternary nitrogens is 1. The number of likely N-dealkylation sites (tertiary alicyclic amines) is 1. The average molecular weight is 458 g/mol. The van der Waals surface area contributed by atoms with Gasteiger partial charge in [0.15, 0.2) is 12.3 Å². The SMILES string of the molecule is Cc1nc2n(c(=O)c1CC[N+]1(CO)CCC(c3noc4cc(F)ccc34)CC1)CCCC2O. The molecule has 1 aromatic carbocycles. The first kappa shape index (κ1) is 22.2. The molecule has 0 saturated carbocycles. The monoisotopic (exact) mass is 457 g/mol. The van der Waals surface area contributed by atoms with Gasteiger partial charge in [-0.3, -0.25) is 9.36 Å². The lowest BCUT2D eigenvalue weighted by Gasteiger charge is -2.42. The molecule has 33 heavy (non-hydrogen) atoms. The number of aliphatic hydroxyl groups is 2. The van der Waals surface area contributed by atoms with Gasteiger partial charge in [0.2, 0.25) is 0 Å². The molecule has 1 fully saturated rings. The van der Waals surface area contributed by atoms with Crippen molar-refractivity contribution in [3.05, 3.63) is 57.1 Å². The molecule has 0 aliphatic carbocycles.